The maximum Gasteiger partial charge on any atom is 0.345 e. The Morgan fingerprint density at radius 3 is 2.65 bits per heavy atom. The highest BCUT2D eigenvalue weighted by Crippen LogP contribution is 2.33. The summed E-state index contributed by atoms with van der Waals surface area (Å²) in [6.45, 7) is -0.423. The van der Waals surface area contributed by atoms with E-state index in [0.29, 0.717) is 0 Å². The van der Waals surface area contributed by atoms with E-state index in [1.54, 1.807) is 7.05 Å². The van der Waals surface area contributed by atoms with Gasteiger partial charge in [0.05, 0.1) is 11.4 Å². The van der Waals surface area contributed by atoms with Crippen LogP contribution in [-0.4, -0.2) is 41.4 Å². The Morgan fingerprint density at radius 2 is 1.96 bits per heavy atom. The first-order valence-corrected chi connectivity index (χ1v) is 8.03. The molecule has 2 aliphatic rings. The van der Waals surface area contributed by atoms with Crippen molar-refractivity contribution in [1.82, 2.24) is 5.01 Å². The number of carbonyl (C=O) groups excluding carboxylic acids is 1. The van der Waals surface area contributed by atoms with Crippen LogP contribution in [0.4, 0.5) is 10.5 Å². The van der Waals surface area contributed by atoms with Crippen LogP contribution in [-0.2, 0) is 4.79 Å². The van der Waals surface area contributed by atoms with Gasteiger partial charge >= 0.3 is 12.0 Å². The van der Waals surface area contributed by atoms with E-state index < -0.39 is 18.5 Å². The van der Waals surface area contributed by atoms with Gasteiger partial charge in [0.25, 0.3) is 0 Å². The molecule has 1 aromatic rings. The van der Waals surface area contributed by atoms with Crippen LogP contribution in [0.5, 0.6) is 0 Å². The van der Waals surface area contributed by atoms with Gasteiger partial charge in [-0.25, -0.2) is 9.80 Å². The van der Waals surface area contributed by atoms with Crippen LogP contribution in [0.3, 0.4) is 0 Å². The lowest BCUT2D eigenvalue weighted by atomic mass is 9.83. The second-order valence-electron chi connectivity index (χ2n) is 6.13. The second-order valence-corrected chi connectivity index (χ2v) is 6.13. The average Bonchev–Trinajstić information content (AvgIpc) is 2.66. The molecular formula is C17H21N3O3. The molecule has 0 aromatic heterocycles. The van der Waals surface area contributed by atoms with E-state index in [1.165, 1.54) is 11.3 Å². The number of hydrogen-bond acceptors (Lipinski definition) is 3. The predicted molar refractivity (Wildman–Crippen MR) is 87.7 cm³/mol. The summed E-state index contributed by atoms with van der Waals surface area (Å²) in [5.74, 6) is -0.787. The fraction of sp³-hybridized carbons (Fsp3) is 0.471. The lowest BCUT2D eigenvalue weighted by Gasteiger charge is -2.24. The van der Waals surface area contributed by atoms with Crippen LogP contribution in [0.25, 0.3) is 0 Å². The predicted octanol–water partition coefficient (Wildman–Crippen LogP) is 2.93. The van der Waals surface area contributed by atoms with Crippen LogP contribution in [0.1, 0.15) is 37.7 Å². The molecule has 0 spiro atoms. The van der Waals surface area contributed by atoms with Gasteiger partial charge in [-0.1, -0.05) is 37.5 Å². The number of carboxylic acids is 1. The van der Waals surface area contributed by atoms with Gasteiger partial charge in [0, 0.05) is 18.5 Å². The van der Waals surface area contributed by atoms with E-state index in [9.17, 15) is 9.59 Å². The normalized spacial score (nSPS) is 19.2. The van der Waals surface area contributed by atoms with E-state index in [4.69, 9.17) is 5.11 Å². The van der Waals surface area contributed by atoms with Crippen LogP contribution < -0.4 is 4.90 Å². The molecule has 1 saturated carbocycles. The number of carboxylic acid groups (broad SMARTS) is 1. The lowest BCUT2D eigenvalue weighted by Crippen LogP contribution is -2.40. The zero-order chi connectivity index (χ0) is 16.4. The number of rotatable bonds is 3. The minimum absolute atomic E-state index is 0.278. The molecule has 0 unspecified atom stereocenters. The molecule has 122 valence electrons. The number of fused-ring (bicyclic) bond motifs is 1. The summed E-state index contributed by atoms with van der Waals surface area (Å²) < 4.78 is 0. The summed E-state index contributed by atoms with van der Waals surface area (Å²) in [4.78, 5) is 25.1. The summed E-state index contributed by atoms with van der Waals surface area (Å²) >= 11 is 0. The highest BCUT2D eigenvalue weighted by molar-refractivity contribution is 6.11. The van der Waals surface area contributed by atoms with Crippen molar-refractivity contribution in [3.05, 3.63) is 29.8 Å². The minimum Gasteiger partial charge on any atom is -0.480 e. The van der Waals surface area contributed by atoms with Gasteiger partial charge < -0.3 is 5.11 Å². The third-order valence-corrected chi connectivity index (χ3v) is 4.55. The number of carbonyl (C=O) groups is 2. The number of para-hydroxylation sites is 1. The number of urea groups is 1. The summed E-state index contributed by atoms with van der Waals surface area (Å²) in [6.07, 6.45) is 5.59. The van der Waals surface area contributed by atoms with E-state index in [0.717, 1.165) is 47.7 Å². The van der Waals surface area contributed by atoms with Crippen molar-refractivity contribution in [3.8, 4) is 0 Å². The first kappa shape index (κ1) is 15.5. The molecule has 23 heavy (non-hydrogen) atoms. The molecule has 1 aromatic carbocycles. The van der Waals surface area contributed by atoms with Crippen molar-refractivity contribution in [2.24, 2.45) is 11.0 Å². The van der Waals surface area contributed by atoms with Gasteiger partial charge in [-0.2, -0.15) is 5.10 Å². The zero-order valence-corrected chi connectivity index (χ0v) is 13.2. The van der Waals surface area contributed by atoms with Gasteiger partial charge in [0.1, 0.15) is 6.54 Å². The Kier molecular flexibility index (Phi) is 4.32. The minimum atomic E-state index is -1.07. The van der Waals surface area contributed by atoms with Gasteiger partial charge in [-0.3, -0.25) is 9.69 Å². The Hall–Kier alpha value is -2.37. The third kappa shape index (κ3) is 3.06. The first-order chi connectivity index (χ1) is 11.1. The summed E-state index contributed by atoms with van der Waals surface area (Å²) in [5, 5.41) is 14.7. The van der Waals surface area contributed by atoms with Crippen molar-refractivity contribution >= 4 is 23.4 Å². The van der Waals surface area contributed by atoms with Gasteiger partial charge in [0.2, 0.25) is 0 Å². The molecule has 1 heterocycles. The van der Waals surface area contributed by atoms with Crippen LogP contribution in [0.2, 0.25) is 0 Å². The molecule has 6 nitrogen and oxygen atoms in total. The van der Waals surface area contributed by atoms with Crippen molar-refractivity contribution in [1.29, 1.82) is 0 Å². The highest BCUT2D eigenvalue weighted by atomic mass is 16.4. The number of anilines is 1. The standard InChI is InChI=1S/C17H21N3O3/c1-19-14-10-6-5-9-13(14)16(12-7-3-2-4-8-12)18-20(17(19)23)11-15(21)22/h5-6,9-10,12H,2-4,7-8,11H2,1H3,(H,21,22). The Labute approximate surface area is 135 Å². The maximum absolute atomic E-state index is 12.6. The molecule has 0 saturated heterocycles. The third-order valence-electron chi connectivity index (χ3n) is 4.55. The Balaban J connectivity index is 2.07. The Bertz CT molecular complexity index is 650. The van der Waals surface area contributed by atoms with Crippen LogP contribution in [0.15, 0.2) is 29.4 Å². The van der Waals surface area contributed by atoms with Crippen molar-refractivity contribution < 1.29 is 14.7 Å². The molecule has 0 bridgehead atoms. The summed E-state index contributed by atoms with van der Waals surface area (Å²) in [5.41, 5.74) is 2.57. The smallest absolute Gasteiger partial charge is 0.345 e. The number of nitrogens with zero attached hydrogens (tertiary/aromatic N) is 3. The first-order valence-electron chi connectivity index (χ1n) is 8.03. The van der Waals surface area contributed by atoms with E-state index in [2.05, 4.69) is 5.10 Å². The zero-order valence-electron chi connectivity index (χ0n) is 13.2. The monoisotopic (exact) mass is 315 g/mol. The van der Waals surface area contributed by atoms with Crippen molar-refractivity contribution in [3.63, 3.8) is 0 Å². The lowest BCUT2D eigenvalue weighted by molar-refractivity contribution is -0.137. The quantitative estimate of drug-likeness (QED) is 0.932. The molecule has 1 aliphatic heterocycles. The number of hydrazone groups is 1. The van der Waals surface area contributed by atoms with Gasteiger partial charge in [-0.15, -0.1) is 0 Å². The van der Waals surface area contributed by atoms with Gasteiger partial charge in [0.15, 0.2) is 0 Å². The molecule has 2 amide bonds. The highest BCUT2D eigenvalue weighted by Gasteiger charge is 2.31. The average molecular weight is 315 g/mol. The molecule has 3 rings (SSSR count). The molecule has 0 radical (unpaired) electrons. The van der Waals surface area contributed by atoms with Gasteiger partial charge in [-0.05, 0) is 18.9 Å². The van der Waals surface area contributed by atoms with E-state index >= 15 is 0 Å². The fourth-order valence-corrected chi connectivity index (χ4v) is 3.39. The summed E-state index contributed by atoms with van der Waals surface area (Å²) in [6, 6.07) is 7.26. The number of aliphatic carboxylic acids is 1. The number of amides is 2. The molecule has 1 N–H and O–H groups in total. The molecule has 1 fully saturated rings. The molecule has 6 heteroatoms. The molecular weight excluding hydrogens is 294 g/mol. The largest absolute Gasteiger partial charge is 0.480 e. The number of hydrogen-bond donors (Lipinski definition) is 1. The Morgan fingerprint density at radius 1 is 1.26 bits per heavy atom. The fourth-order valence-electron chi connectivity index (χ4n) is 3.39. The maximum atomic E-state index is 12.6. The number of benzene rings is 1. The van der Waals surface area contributed by atoms with Crippen molar-refractivity contribution in [2.45, 2.75) is 32.1 Å². The van der Waals surface area contributed by atoms with E-state index in [1.807, 2.05) is 24.3 Å². The van der Waals surface area contributed by atoms with Crippen molar-refractivity contribution in [2.75, 3.05) is 18.5 Å². The topological polar surface area (TPSA) is 73.2 Å². The summed E-state index contributed by atoms with van der Waals surface area (Å²) in [7, 11) is 1.66. The second kappa shape index (κ2) is 6.40. The van der Waals surface area contributed by atoms with Crippen LogP contribution >= 0.6 is 0 Å². The van der Waals surface area contributed by atoms with Crippen LogP contribution in [0, 0.1) is 5.92 Å². The SMILES string of the molecule is CN1C(=O)N(CC(=O)O)N=C(C2CCCCC2)c2ccccc21. The molecule has 0 atom stereocenters. The molecule has 1 aliphatic carbocycles. The van der Waals surface area contributed by atoms with E-state index in [-0.39, 0.29) is 5.92 Å².